The van der Waals surface area contributed by atoms with E-state index in [1.165, 1.54) is 18.2 Å². The van der Waals surface area contributed by atoms with Gasteiger partial charge in [0.2, 0.25) is 0 Å². The molecule has 0 aliphatic rings. The van der Waals surface area contributed by atoms with Crippen molar-refractivity contribution in [1.29, 1.82) is 0 Å². The molecule has 0 saturated heterocycles. The van der Waals surface area contributed by atoms with Crippen LogP contribution in [0.25, 0.3) is 0 Å². The molecule has 2 rings (SSSR count). The van der Waals surface area contributed by atoms with Crippen LogP contribution in [0.15, 0.2) is 42.5 Å². The number of benzene rings is 2. The zero-order valence-electron chi connectivity index (χ0n) is 9.97. The van der Waals surface area contributed by atoms with Gasteiger partial charge in [-0.3, -0.25) is 14.9 Å². The van der Waals surface area contributed by atoms with Crippen LogP contribution < -0.4 is 5.32 Å². The number of amides is 1. The lowest BCUT2D eigenvalue weighted by Gasteiger charge is -2.06. The highest BCUT2D eigenvalue weighted by Crippen LogP contribution is 2.25. The van der Waals surface area contributed by atoms with Crippen LogP contribution in [0.3, 0.4) is 0 Å². The Kier molecular flexibility index (Phi) is 3.69. The Balaban J connectivity index is 2.33. The third-order valence-electron chi connectivity index (χ3n) is 2.52. The Labute approximate surface area is 112 Å². The summed E-state index contributed by atoms with van der Waals surface area (Å²) < 4.78 is 26.4. The Hall–Kier alpha value is -2.83. The van der Waals surface area contributed by atoms with Crippen molar-refractivity contribution >= 4 is 17.3 Å². The topological polar surface area (TPSA) is 72.2 Å². The van der Waals surface area contributed by atoms with Gasteiger partial charge in [0.05, 0.1) is 16.6 Å². The molecule has 0 aliphatic heterocycles. The maximum atomic E-state index is 13.4. The van der Waals surface area contributed by atoms with E-state index in [-0.39, 0.29) is 11.3 Å². The van der Waals surface area contributed by atoms with E-state index < -0.39 is 28.2 Å². The van der Waals surface area contributed by atoms with Crippen LogP contribution in [0.2, 0.25) is 0 Å². The van der Waals surface area contributed by atoms with Crippen molar-refractivity contribution in [2.75, 3.05) is 5.32 Å². The first-order valence-corrected chi connectivity index (χ1v) is 5.49. The lowest BCUT2D eigenvalue weighted by molar-refractivity contribution is -0.384. The molecular weight excluding hydrogens is 270 g/mol. The zero-order chi connectivity index (χ0) is 14.7. The number of carbonyl (C=O) groups excluding carboxylic acids is 1. The fraction of sp³-hybridized carbons (Fsp3) is 0. The molecule has 1 amide bonds. The minimum absolute atomic E-state index is 0.204. The van der Waals surface area contributed by atoms with Crippen molar-refractivity contribution in [3.05, 3.63) is 69.8 Å². The average molecular weight is 278 g/mol. The summed E-state index contributed by atoms with van der Waals surface area (Å²) in [5.74, 6) is -2.41. The van der Waals surface area contributed by atoms with E-state index in [0.29, 0.717) is 6.07 Å². The number of nitrogens with zero attached hydrogens (tertiary/aromatic N) is 1. The standard InChI is InChI=1S/C13H8F2N2O3/c14-8-5-6-11(12(7-8)17(19)20)16-13(18)9-3-1-2-4-10(9)15/h1-7H,(H,16,18). The summed E-state index contributed by atoms with van der Waals surface area (Å²) >= 11 is 0. The molecule has 20 heavy (non-hydrogen) atoms. The number of carbonyl (C=O) groups is 1. The maximum absolute atomic E-state index is 13.4. The lowest BCUT2D eigenvalue weighted by atomic mass is 10.2. The fourth-order valence-electron chi connectivity index (χ4n) is 1.60. The first kappa shape index (κ1) is 13.6. The summed E-state index contributed by atoms with van der Waals surface area (Å²) in [6.45, 7) is 0. The van der Waals surface area contributed by atoms with Crippen LogP contribution in [0.4, 0.5) is 20.2 Å². The first-order chi connectivity index (χ1) is 9.49. The number of rotatable bonds is 3. The highest BCUT2D eigenvalue weighted by molar-refractivity contribution is 6.05. The molecule has 0 fully saturated rings. The zero-order valence-corrected chi connectivity index (χ0v) is 9.97. The summed E-state index contributed by atoms with van der Waals surface area (Å²) in [5.41, 5.74) is -1.06. The second-order valence-corrected chi connectivity index (χ2v) is 3.85. The molecule has 0 atom stereocenters. The third kappa shape index (κ3) is 2.77. The van der Waals surface area contributed by atoms with Gasteiger partial charge in [0, 0.05) is 0 Å². The molecule has 102 valence electrons. The van der Waals surface area contributed by atoms with E-state index in [9.17, 15) is 23.7 Å². The number of halogens is 2. The molecular formula is C13H8F2N2O3. The molecule has 2 aromatic carbocycles. The van der Waals surface area contributed by atoms with Crippen molar-refractivity contribution in [2.45, 2.75) is 0 Å². The van der Waals surface area contributed by atoms with E-state index in [1.54, 1.807) is 0 Å². The molecule has 0 heterocycles. The minimum Gasteiger partial charge on any atom is -0.316 e. The Morgan fingerprint density at radius 1 is 1.15 bits per heavy atom. The van der Waals surface area contributed by atoms with Gasteiger partial charge in [-0.25, -0.2) is 8.78 Å². The quantitative estimate of drug-likeness (QED) is 0.692. The van der Waals surface area contributed by atoms with Crippen LogP contribution in [0.5, 0.6) is 0 Å². The van der Waals surface area contributed by atoms with Crippen molar-refractivity contribution in [3.8, 4) is 0 Å². The molecule has 0 spiro atoms. The predicted molar refractivity (Wildman–Crippen MR) is 67.4 cm³/mol. The molecule has 5 nitrogen and oxygen atoms in total. The monoisotopic (exact) mass is 278 g/mol. The second-order valence-electron chi connectivity index (χ2n) is 3.85. The Morgan fingerprint density at radius 3 is 2.50 bits per heavy atom. The molecule has 1 N–H and O–H groups in total. The number of hydrogen-bond acceptors (Lipinski definition) is 3. The number of nitro benzene ring substituents is 1. The third-order valence-corrected chi connectivity index (χ3v) is 2.52. The van der Waals surface area contributed by atoms with Gasteiger partial charge >= 0.3 is 0 Å². The normalized spacial score (nSPS) is 10.1. The predicted octanol–water partition coefficient (Wildman–Crippen LogP) is 3.13. The molecule has 0 aromatic heterocycles. The average Bonchev–Trinajstić information content (AvgIpc) is 2.41. The highest BCUT2D eigenvalue weighted by atomic mass is 19.1. The largest absolute Gasteiger partial charge is 0.316 e. The number of hydrogen-bond donors (Lipinski definition) is 1. The van der Waals surface area contributed by atoms with E-state index in [0.717, 1.165) is 18.2 Å². The summed E-state index contributed by atoms with van der Waals surface area (Å²) in [6.07, 6.45) is 0. The molecule has 0 saturated carbocycles. The summed E-state index contributed by atoms with van der Waals surface area (Å²) in [6, 6.07) is 7.88. The fourth-order valence-corrected chi connectivity index (χ4v) is 1.60. The molecule has 0 radical (unpaired) electrons. The van der Waals surface area contributed by atoms with Crippen LogP contribution in [-0.4, -0.2) is 10.8 Å². The SMILES string of the molecule is O=C(Nc1ccc(F)cc1[N+](=O)[O-])c1ccccc1F. The van der Waals surface area contributed by atoms with Gasteiger partial charge in [0.25, 0.3) is 11.6 Å². The van der Waals surface area contributed by atoms with Gasteiger partial charge in [-0.05, 0) is 24.3 Å². The van der Waals surface area contributed by atoms with Crippen molar-refractivity contribution < 1.29 is 18.5 Å². The van der Waals surface area contributed by atoms with E-state index in [4.69, 9.17) is 0 Å². The van der Waals surface area contributed by atoms with Crippen LogP contribution in [0, 0.1) is 21.7 Å². The number of anilines is 1. The second kappa shape index (κ2) is 5.43. The van der Waals surface area contributed by atoms with Gasteiger partial charge < -0.3 is 5.32 Å². The summed E-state index contributed by atoms with van der Waals surface area (Å²) in [4.78, 5) is 21.8. The Bertz CT molecular complexity index is 689. The van der Waals surface area contributed by atoms with Gasteiger partial charge in [-0.15, -0.1) is 0 Å². The van der Waals surface area contributed by atoms with Gasteiger partial charge in [-0.1, -0.05) is 12.1 Å². The van der Waals surface area contributed by atoms with E-state index in [2.05, 4.69) is 5.32 Å². The maximum Gasteiger partial charge on any atom is 0.295 e. The Morgan fingerprint density at radius 2 is 1.85 bits per heavy atom. The van der Waals surface area contributed by atoms with Crippen LogP contribution in [-0.2, 0) is 0 Å². The molecule has 0 bridgehead atoms. The van der Waals surface area contributed by atoms with Crippen LogP contribution in [0.1, 0.15) is 10.4 Å². The molecule has 0 unspecified atom stereocenters. The summed E-state index contributed by atoms with van der Waals surface area (Å²) in [5, 5.41) is 13.0. The van der Waals surface area contributed by atoms with Gasteiger partial charge in [0.1, 0.15) is 17.3 Å². The summed E-state index contributed by atoms with van der Waals surface area (Å²) in [7, 11) is 0. The van der Waals surface area contributed by atoms with E-state index in [1.807, 2.05) is 0 Å². The van der Waals surface area contributed by atoms with Crippen molar-refractivity contribution in [2.24, 2.45) is 0 Å². The smallest absolute Gasteiger partial charge is 0.295 e. The minimum atomic E-state index is -0.849. The van der Waals surface area contributed by atoms with E-state index >= 15 is 0 Å². The lowest BCUT2D eigenvalue weighted by Crippen LogP contribution is -2.14. The highest BCUT2D eigenvalue weighted by Gasteiger charge is 2.19. The number of nitrogens with one attached hydrogen (secondary N) is 1. The molecule has 0 aliphatic carbocycles. The van der Waals surface area contributed by atoms with Gasteiger partial charge in [-0.2, -0.15) is 0 Å². The first-order valence-electron chi connectivity index (χ1n) is 5.49. The molecule has 7 heteroatoms. The number of nitro groups is 1. The van der Waals surface area contributed by atoms with Crippen LogP contribution >= 0.6 is 0 Å². The van der Waals surface area contributed by atoms with Crippen molar-refractivity contribution in [3.63, 3.8) is 0 Å². The molecule has 2 aromatic rings. The van der Waals surface area contributed by atoms with Crippen molar-refractivity contribution in [1.82, 2.24) is 0 Å². The van der Waals surface area contributed by atoms with Gasteiger partial charge in [0.15, 0.2) is 0 Å².